The molecule has 0 N–H and O–H groups in total. The van der Waals surface area contributed by atoms with Crippen LogP contribution in [-0.4, -0.2) is 19.9 Å². The molecule has 0 radical (unpaired) electrons. The van der Waals surface area contributed by atoms with Crippen molar-refractivity contribution in [1.29, 1.82) is 0 Å². The van der Waals surface area contributed by atoms with Crippen LogP contribution in [0.25, 0.3) is 0 Å². The standard InChI is InChI=1S/C17H15ClO3S/c18-17-14-10-15(16(17)13-9-5-4-8-12(13)14)21-22(19,20)11-6-2-1-3-7-11/h1-9,14-17H,10H2/t14-,15-,16+,17-/m1/s1. The van der Waals surface area contributed by atoms with Crippen LogP contribution in [0.15, 0.2) is 59.5 Å². The molecule has 0 unspecified atom stereocenters. The lowest BCUT2D eigenvalue weighted by Crippen LogP contribution is -2.24. The van der Waals surface area contributed by atoms with Gasteiger partial charge in [0.15, 0.2) is 0 Å². The number of hydrogen-bond donors (Lipinski definition) is 0. The summed E-state index contributed by atoms with van der Waals surface area (Å²) in [5.74, 6) is 0.125. The predicted octanol–water partition coefficient (Wildman–Crippen LogP) is 3.65. The van der Waals surface area contributed by atoms with Crippen LogP contribution >= 0.6 is 11.6 Å². The average molecular weight is 335 g/mol. The monoisotopic (exact) mass is 334 g/mol. The Hall–Kier alpha value is -1.36. The zero-order chi connectivity index (χ0) is 15.3. The van der Waals surface area contributed by atoms with Crippen LogP contribution in [0, 0.1) is 0 Å². The minimum absolute atomic E-state index is 0.0543. The van der Waals surface area contributed by atoms with Crippen molar-refractivity contribution in [2.45, 2.75) is 34.6 Å². The Labute approximate surface area is 135 Å². The van der Waals surface area contributed by atoms with E-state index in [9.17, 15) is 8.42 Å². The van der Waals surface area contributed by atoms with E-state index >= 15 is 0 Å². The average Bonchev–Trinajstić information content (AvgIpc) is 2.98. The number of rotatable bonds is 3. The Morgan fingerprint density at radius 1 is 0.955 bits per heavy atom. The van der Waals surface area contributed by atoms with E-state index < -0.39 is 10.1 Å². The molecule has 3 nitrogen and oxygen atoms in total. The summed E-state index contributed by atoms with van der Waals surface area (Å²) in [6, 6.07) is 16.3. The maximum absolute atomic E-state index is 12.4. The molecule has 4 rings (SSSR count). The van der Waals surface area contributed by atoms with Gasteiger partial charge in [0, 0.05) is 17.2 Å². The first-order chi connectivity index (χ1) is 10.6. The summed E-state index contributed by atoms with van der Waals surface area (Å²) in [6.45, 7) is 0. The molecule has 2 aliphatic carbocycles. The third-order valence-electron chi connectivity index (χ3n) is 4.65. The van der Waals surface area contributed by atoms with E-state index in [-0.39, 0.29) is 28.2 Å². The molecule has 1 saturated carbocycles. The van der Waals surface area contributed by atoms with E-state index in [1.54, 1.807) is 30.3 Å². The summed E-state index contributed by atoms with van der Waals surface area (Å²) >= 11 is 6.54. The van der Waals surface area contributed by atoms with Crippen LogP contribution in [0.5, 0.6) is 0 Å². The number of alkyl halides is 1. The van der Waals surface area contributed by atoms with Crippen LogP contribution in [0.1, 0.15) is 29.4 Å². The second-order valence-corrected chi connectivity index (χ2v) is 7.92. The molecule has 0 saturated heterocycles. The molecule has 0 aliphatic heterocycles. The summed E-state index contributed by atoms with van der Waals surface area (Å²) in [5, 5.41) is -0.0895. The molecular weight excluding hydrogens is 320 g/mol. The van der Waals surface area contributed by atoms with Gasteiger partial charge < -0.3 is 0 Å². The zero-order valence-electron chi connectivity index (χ0n) is 11.7. The van der Waals surface area contributed by atoms with Crippen LogP contribution in [0.2, 0.25) is 0 Å². The van der Waals surface area contributed by atoms with Gasteiger partial charge in [-0.05, 0) is 29.7 Å². The fourth-order valence-electron chi connectivity index (χ4n) is 3.71. The van der Waals surface area contributed by atoms with Crippen molar-refractivity contribution in [3.8, 4) is 0 Å². The Balaban J connectivity index is 1.65. The highest BCUT2D eigenvalue weighted by Crippen LogP contribution is 2.56. The first kappa shape index (κ1) is 14.2. The summed E-state index contributed by atoms with van der Waals surface area (Å²) in [7, 11) is -3.75. The highest BCUT2D eigenvalue weighted by molar-refractivity contribution is 7.86. The highest BCUT2D eigenvalue weighted by atomic mass is 35.5. The summed E-state index contributed by atoms with van der Waals surface area (Å²) in [5.41, 5.74) is 2.37. The molecule has 4 atom stereocenters. The number of fused-ring (bicyclic) bond motifs is 5. The Morgan fingerprint density at radius 2 is 1.59 bits per heavy atom. The van der Waals surface area contributed by atoms with Gasteiger partial charge in [0.05, 0.1) is 11.0 Å². The molecule has 22 heavy (non-hydrogen) atoms. The second-order valence-electron chi connectivity index (χ2n) is 5.84. The molecule has 1 fully saturated rings. The van der Waals surface area contributed by atoms with Gasteiger partial charge in [-0.15, -0.1) is 11.6 Å². The molecule has 2 aromatic rings. The fourth-order valence-corrected chi connectivity index (χ4v) is 5.37. The first-order valence-electron chi connectivity index (χ1n) is 7.29. The number of hydrogen-bond acceptors (Lipinski definition) is 3. The van der Waals surface area contributed by atoms with Crippen LogP contribution in [-0.2, 0) is 14.3 Å². The van der Waals surface area contributed by atoms with E-state index in [4.69, 9.17) is 15.8 Å². The molecule has 2 bridgehead atoms. The number of halogens is 1. The van der Waals surface area contributed by atoms with Gasteiger partial charge in [0.25, 0.3) is 10.1 Å². The van der Waals surface area contributed by atoms with Crippen LogP contribution in [0.4, 0.5) is 0 Å². The van der Waals surface area contributed by atoms with Gasteiger partial charge >= 0.3 is 0 Å². The first-order valence-corrected chi connectivity index (χ1v) is 9.13. The van der Waals surface area contributed by atoms with Crippen molar-refractivity contribution in [2.75, 3.05) is 0 Å². The second kappa shape index (κ2) is 5.08. The number of benzene rings is 2. The van der Waals surface area contributed by atoms with Crippen molar-refractivity contribution in [3.05, 3.63) is 65.7 Å². The predicted molar refractivity (Wildman–Crippen MR) is 84.7 cm³/mol. The molecule has 0 heterocycles. The van der Waals surface area contributed by atoms with Gasteiger partial charge in [0.2, 0.25) is 0 Å². The van der Waals surface area contributed by atoms with E-state index in [1.165, 1.54) is 5.56 Å². The maximum atomic E-state index is 12.4. The Morgan fingerprint density at radius 3 is 2.32 bits per heavy atom. The Bertz CT molecular complexity index is 804. The molecular formula is C17H15ClO3S. The fraction of sp³-hybridized carbons (Fsp3) is 0.294. The van der Waals surface area contributed by atoms with Gasteiger partial charge in [-0.3, -0.25) is 4.18 Å². The molecule has 2 aliphatic rings. The molecule has 5 heteroatoms. The molecule has 0 amide bonds. The summed E-state index contributed by atoms with van der Waals surface area (Å²) in [4.78, 5) is 0.192. The van der Waals surface area contributed by atoms with Crippen molar-refractivity contribution in [2.24, 2.45) is 0 Å². The lowest BCUT2D eigenvalue weighted by molar-refractivity contribution is 0.192. The summed E-state index contributed by atoms with van der Waals surface area (Å²) < 4.78 is 30.4. The van der Waals surface area contributed by atoms with Crippen molar-refractivity contribution in [1.82, 2.24) is 0 Å². The quantitative estimate of drug-likeness (QED) is 0.635. The van der Waals surface area contributed by atoms with Crippen molar-refractivity contribution in [3.63, 3.8) is 0 Å². The molecule has 0 spiro atoms. The molecule has 2 aromatic carbocycles. The topological polar surface area (TPSA) is 43.4 Å². The smallest absolute Gasteiger partial charge is 0.262 e. The maximum Gasteiger partial charge on any atom is 0.297 e. The third kappa shape index (κ3) is 2.09. The molecule has 114 valence electrons. The largest absolute Gasteiger partial charge is 0.297 e. The normalized spacial score (nSPS) is 29.5. The van der Waals surface area contributed by atoms with Crippen molar-refractivity contribution < 1.29 is 12.6 Å². The minimum atomic E-state index is -3.75. The lowest BCUT2D eigenvalue weighted by atomic mass is 9.90. The van der Waals surface area contributed by atoms with Gasteiger partial charge in [-0.25, -0.2) is 0 Å². The van der Waals surface area contributed by atoms with Crippen LogP contribution in [0.3, 0.4) is 0 Å². The van der Waals surface area contributed by atoms with E-state index in [0.29, 0.717) is 6.42 Å². The third-order valence-corrected chi connectivity index (χ3v) is 6.58. The van der Waals surface area contributed by atoms with E-state index in [2.05, 4.69) is 6.07 Å². The Kier molecular flexibility index (Phi) is 3.29. The summed E-state index contributed by atoms with van der Waals surface area (Å²) in [6.07, 6.45) is 0.273. The highest BCUT2D eigenvalue weighted by Gasteiger charge is 2.52. The SMILES string of the molecule is O=S(=O)(O[C@@H]1C[C@@H]2c3ccccc3[C@@H]1[C@@H]2Cl)c1ccccc1. The van der Waals surface area contributed by atoms with Gasteiger partial charge in [0.1, 0.15) is 0 Å². The van der Waals surface area contributed by atoms with E-state index in [0.717, 1.165) is 5.56 Å². The van der Waals surface area contributed by atoms with Crippen LogP contribution < -0.4 is 0 Å². The molecule has 0 aromatic heterocycles. The lowest BCUT2D eigenvalue weighted by Gasteiger charge is -2.24. The van der Waals surface area contributed by atoms with Gasteiger partial charge in [-0.1, -0.05) is 42.5 Å². The van der Waals surface area contributed by atoms with E-state index in [1.807, 2.05) is 18.2 Å². The van der Waals surface area contributed by atoms with Gasteiger partial charge in [-0.2, -0.15) is 8.42 Å². The zero-order valence-corrected chi connectivity index (χ0v) is 13.3. The van der Waals surface area contributed by atoms with Crippen molar-refractivity contribution >= 4 is 21.7 Å². The minimum Gasteiger partial charge on any atom is -0.262 e.